The van der Waals surface area contributed by atoms with E-state index in [1.54, 1.807) is 0 Å². The van der Waals surface area contributed by atoms with Gasteiger partial charge in [-0.25, -0.2) is 8.78 Å². The number of Topliss-reactive ketones (excluding diaryl/α,β-unsaturated/α-hetero) is 1. The number of hydrogen-bond acceptors (Lipinski definition) is 3. The van der Waals surface area contributed by atoms with E-state index in [4.69, 9.17) is 5.11 Å². The van der Waals surface area contributed by atoms with Gasteiger partial charge in [0, 0.05) is 12.5 Å². The van der Waals surface area contributed by atoms with Gasteiger partial charge in [0.1, 0.15) is 11.6 Å². The second-order valence-electron chi connectivity index (χ2n) is 3.72. The molecule has 7 heteroatoms. The third-order valence-electron chi connectivity index (χ3n) is 2.24. The van der Waals surface area contributed by atoms with Crippen LogP contribution in [0.1, 0.15) is 23.2 Å². The van der Waals surface area contributed by atoms with Crippen molar-refractivity contribution in [3.05, 3.63) is 35.4 Å². The minimum atomic E-state index is -1.13. The smallest absolute Gasteiger partial charge is 0.303 e. The molecule has 1 aromatic carbocycles. The van der Waals surface area contributed by atoms with Gasteiger partial charge in [0.15, 0.2) is 5.78 Å². The van der Waals surface area contributed by atoms with Gasteiger partial charge in [0.25, 0.3) is 0 Å². The lowest BCUT2D eigenvalue weighted by Gasteiger charge is -2.05. The lowest BCUT2D eigenvalue weighted by Crippen LogP contribution is -2.30. The van der Waals surface area contributed by atoms with Gasteiger partial charge in [0.05, 0.1) is 18.5 Å². The fourth-order valence-corrected chi connectivity index (χ4v) is 1.30. The van der Waals surface area contributed by atoms with E-state index in [-0.39, 0.29) is 18.4 Å². The minimum absolute atomic E-state index is 0.269. The number of carbonyl (C=O) groups excluding carboxylic acids is 2. The van der Waals surface area contributed by atoms with E-state index in [1.807, 2.05) is 0 Å². The summed E-state index contributed by atoms with van der Waals surface area (Å²) < 4.78 is 25.9. The van der Waals surface area contributed by atoms with Gasteiger partial charge >= 0.3 is 5.97 Å². The quantitative estimate of drug-likeness (QED) is 0.760. The van der Waals surface area contributed by atoms with Crippen molar-refractivity contribution in [1.29, 1.82) is 0 Å². The van der Waals surface area contributed by atoms with E-state index in [0.29, 0.717) is 6.07 Å². The van der Waals surface area contributed by atoms with Gasteiger partial charge in [-0.05, 0) is 12.1 Å². The summed E-state index contributed by atoms with van der Waals surface area (Å²) in [4.78, 5) is 32.9. The molecule has 102 valence electrons. The number of rotatable bonds is 6. The first-order valence-electron chi connectivity index (χ1n) is 5.37. The molecule has 1 amide bonds. The Morgan fingerprint density at radius 3 is 2.42 bits per heavy atom. The normalized spacial score (nSPS) is 10.0. The predicted molar refractivity (Wildman–Crippen MR) is 60.6 cm³/mol. The number of carbonyl (C=O) groups is 3. The number of carboxylic acid groups (broad SMARTS) is 1. The highest BCUT2D eigenvalue weighted by Gasteiger charge is 2.13. The van der Waals surface area contributed by atoms with Crippen LogP contribution in [0.25, 0.3) is 0 Å². The molecule has 0 aromatic heterocycles. The molecule has 19 heavy (non-hydrogen) atoms. The number of halogens is 2. The number of nitrogens with one attached hydrogen (secondary N) is 1. The second kappa shape index (κ2) is 6.58. The Labute approximate surface area is 107 Å². The zero-order valence-corrected chi connectivity index (χ0v) is 9.78. The van der Waals surface area contributed by atoms with Gasteiger partial charge in [-0.3, -0.25) is 14.4 Å². The molecule has 0 unspecified atom stereocenters. The van der Waals surface area contributed by atoms with Crippen LogP contribution < -0.4 is 5.32 Å². The number of hydrogen-bond donors (Lipinski definition) is 2. The molecule has 1 aromatic rings. The van der Waals surface area contributed by atoms with E-state index >= 15 is 0 Å². The maximum Gasteiger partial charge on any atom is 0.303 e. The number of ketones is 1. The van der Waals surface area contributed by atoms with Crippen molar-refractivity contribution in [3.8, 4) is 0 Å². The van der Waals surface area contributed by atoms with Crippen molar-refractivity contribution in [2.24, 2.45) is 0 Å². The van der Waals surface area contributed by atoms with Crippen molar-refractivity contribution in [2.75, 3.05) is 6.54 Å². The number of aliphatic carboxylic acids is 1. The van der Waals surface area contributed by atoms with Crippen molar-refractivity contribution in [3.63, 3.8) is 0 Å². The molecule has 0 fully saturated rings. The van der Waals surface area contributed by atoms with Crippen molar-refractivity contribution in [2.45, 2.75) is 12.8 Å². The Kier molecular flexibility index (Phi) is 5.11. The Hall–Kier alpha value is -2.31. The highest BCUT2D eigenvalue weighted by molar-refractivity contribution is 5.99. The van der Waals surface area contributed by atoms with Crippen LogP contribution in [0.3, 0.4) is 0 Å². The number of amides is 1. The maximum atomic E-state index is 13.2. The van der Waals surface area contributed by atoms with Crippen LogP contribution in [-0.4, -0.2) is 29.3 Å². The Morgan fingerprint density at radius 2 is 1.84 bits per heavy atom. The van der Waals surface area contributed by atoms with E-state index < -0.39 is 35.8 Å². The maximum absolute atomic E-state index is 13.2. The first kappa shape index (κ1) is 14.7. The van der Waals surface area contributed by atoms with Crippen molar-refractivity contribution >= 4 is 17.7 Å². The Bertz CT molecular complexity index is 516. The van der Waals surface area contributed by atoms with E-state index in [2.05, 4.69) is 5.32 Å². The van der Waals surface area contributed by atoms with Gasteiger partial charge in [-0.2, -0.15) is 0 Å². The summed E-state index contributed by atoms with van der Waals surface area (Å²) in [6, 6.07) is 2.48. The summed E-state index contributed by atoms with van der Waals surface area (Å²) in [5.41, 5.74) is -0.333. The number of benzene rings is 1. The largest absolute Gasteiger partial charge is 0.481 e. The van der Waals surface area contributed by atoms with Crippen LogP contribution in [-0.2, 0) is 9.59 Å². The molecule has 0 aliphatic rings. The van der Waals surface area contributed by atoms with Gasteiger partial charge in [0.2, 0.25) is 5.91 Å². The van der Waals surface area contributed by atoms with E-state index in [0.717, 1.165) is 12.1 Å². The number of carboxylic acids is 1. The third-order valence-corrected chi connectivity index (χ3v) is 2.24. The molecule has 0 saturated carbocycles. The molecule has 0 atom stereocenters. The summed E-state index contributed by atoms with van der Waals surface area (Å²) in [5.74, 6) is -4.30. The van der Waals surface area contributed by atoms with Crippen molar-refractivity contribution < 1.29 is 28.3 Å². The van der Waals surface area contributed by atoms with Gasteiger partial charge in [-0.1, -0.05) is 0 Å². The summed E-state index contributed by atoms with van der Waals surface area (Å²) in [7, 11) is 0. The Morgan fingerprint density at radius 1 is 1.16 bits per heavy atom. The summed E-state index contributed by atoms with van der Waals surface area (Å²) in [6.45, 7) is -0.471. The monoisotopic (exact) mass is 271 g/mol. The molecule has 0 bridgehead atoms. The minimum Gasteiger partial charge on any atom is -0.481 e. The van der Waals surface area contributed by atoms with Crippen LogP contribution in [0.4, 0.5) is 8.78 Å². The van der Waals surface area contributed by atoms with Gasteiger partial charge < -0.3 is 10.4 Å². The summed E-state index contributed by atoms with van der Waals surface area (Å²) in [5, 5.41) is 10.5. The molecule has 0 aliphatic carbocycles. The van der Waals surface area contributed by atoms with E-state index in [1.165, 1.54) is 0 Å². The van der Waals surface area contributed by atoms with Gasteiger partial charge in [-0.15, -0.1) is 0 Å². The molecule has 2 N–H and O–H groups in total. The average molecular weight is 271 g/mol. The topological polar surface area (TPSA) is 83.5 Å². The lowest BCUT2D eigenvalue weighted by molar-refractivity contribution is -0.138. The molecular weight excluding hydrogens is 260 g/mol. The average Bonchev–Trinajstić information content (AvgIpc) is 2.33. The second-order valence-corrected chi connectivity index (χ2v) is 3.72. The molecule has 5 nitrogen and oxygen atoms in total. The first-order chi connectivity index (χ1) is 8.90. The van der Waals surface area contributed by atoms with E-state index in [9.17, 15) is 23.2 Å². The lowest BCUT2D eigenvalue weighted by atomic mass is 10.1. The van der Waals surface area contributed by atoms with Crippen molar-refractivity contribution in [1.82, 2.24) is 5.32 Å². The van der Waals surface area contributed by atoms with Crippen LogP contribution in [0.15, 0.2) is 18.2 Å². The summed E-state index contributed by atoms with van der Waals surface area (Å²) >= 11 is 0. The molecule has 0 spiro atoms. The molecule has 0 heterocycles. The van der Waals surface area contributed by atoms with Crippen LogP contribution >= 0.6 is 0 Å². The predicted octanol–water partition coefficient (Wildman–Crippen LogP) is 1.13. The fourth-order valence-electron chi connectivity index (χ4n) is 1.30. The third kappa shape index (κ3) is 4.82. The molecule has 1 rings (SSSR count). The summed E-state index contributed by atoms with van der Waals surface area (Å²) in [6.07, 6.45) is -0.626. The Balaban J connectivity index is 2.51. The first-order valence-corrected chi connectivity index (χ1v) is 5.37. The zero-order chi connectivity index (χ0) is 14.4. The molecule has 0 saturated heterocycles. The van der Waals surface area contributed by atoms with Crippen LogP contribution in [0.5, 0.6) is 0 Å². The van der Waals surface area contributed by atoms with Crippen LogP contribution in [0, 0.1) is 11.6 Å². The zero-order valence-electron chi connectivity index (χ0n) is 9.78. The highest BCUT2D eigenvalue weighted by atomic mass is 19.1. The van der Waals surface area contributed by atoms with Crippen LogP contribution in [0.2, 0.25) is 0 Å². The molecular formula is C12H11F2NO4. The SMILES string of the molecule is O=C(O)CCC(=O)NCC(=O)c1ccc(F)cc1F. The molecule has 0 aliphatic heterocycles. The molecule has 0 radical (unpaired) electrons. The standard InChI is InChI=1S/C12H11F2NO4/c13-7-1-2-8(9(14)5-7)10(16)6-15-11(17)3-4-12(18)19/h1-2,5H,3-4,6H2,(H,15,17)(H,18,19). The fraction of sp³-hybridized carbons (Fsp3) is 0.250. The highest BCUT2D eigenvalue weighted by Crippen LogP contribution is 2.09.